The molecule has 1 aromatic heterocycles. The van der Waals surface area contributed by atoms with E-state index >= 15 is 0 Å². The number of piperazine rings is 1. The second-order valence-electron chi connectivity index (χ2n) is 5.53. The van der Waals surface area contributed by atoms with Crippen LogP contribution in [0.2, 0.25) is 0 Å². The van der Waals surface area contributed by atoms with Crippen molar-refractivity contribution in [2.45, 2.75) is 24.7 Å². The third-order valence-electron chi connectivity index (χ3n) is 4.13. The molecule has 1 aromatic rings. The molecule has 0 saturated carbocycles. The first-order chi connectivity index (χ1) is 10.0. The molecule has 0 bridgehead atoms. The first-order valence-electron chi connectivity index (χ1n) is 7.27. The first kappa shape index (κ1) is 16.3. The quantitative estimate of drug-likeness (QED) is 0.798. The van der Waals surface area contributed by atoms with Crippen molar-refractivity contribution in [3.8, 4) is 0 Å². The Morgan fingerprint density at radius 1 is 1.38 bits per heavy atom. The predicted molar refractivity (Wildman–Crippen MR) is 85.4 cm³/mol. The van der Waals surface area contributed by atoms with Crippen LogP contribution in [0.3, 0.4) is 0 Å². The minimum absolute atomic E-state index is 0.0769. The Labute approximate surface area is 130 Å². The normalized spacial score (nSPS) is 18.7. The Kier molecular flexibility index (Phi) is 5.66. The molecule has 0 radical (unpaired) electrons. The fourth-order valence-electron chi connectivity index (χ4n) is 2.48. The Balaban J connectivity index is 1.84. The molecule has 0 unspecified atom stereocenters. The minimum atomic E-state index is -0.0769. The minimum Gasteiger partial charge on any atom is -0.349 e. The molecule has 1 amide bonds. The van der Waals surface area contributed by atoms with Gasteiger partial charge >= 0.3 is 0 Å². The van der Waals surface area contributed by atoms with E-state index in [2.05, 4.69) is 27.1 Å². The van der Waals surface area contributed by atoms with Gasteiger partial charge in [-0.1, -0.05) is 11.8 Å². The van der Waals surface area contributed by atoms with E-state index in [0.717, 1.165) is 37.0 Å². The second kappa shape index (κ2) is 7.29. The van der Waals surface area contributed by atoms with Crippen molar-refractivity contribution in [2.24, 2.45) is 7.05 Å². The van der Waals surface area contributed by atoms with Crippen LogP contribution in [-0.2, 0) is 18.4 Å². The zero-order chi connectivity index (χ0) is 15.4. The van der Waals surface area contributed by atoms with E-state index in [9.17, 15) is 4.79 Å². The molecule has 0 aromatic carbocycles. The molecular formula is C14H25N5OS. The molecule has 1 aliphatic rings. The van der Waals surface area contributed by atoms with Gasteiger partial charge in [0.1, 0.15) is 0 Å². The highest BCUT2D eigenvalue weighted by Crippen LogP contribution is 2.13. The molecular weight excluding hydrogens is 286 g/mol. The molecule has 1 saturated heterocycles. The highest BCUT2D eigenvalue weighted by molar-refractivity contribution is 7.98. The third kappa shape index (κ3) is 3.99. The summed E-state index contributed by atoms with van der Waals surface area (Å²) < 4.78 is 2.02. The topological polar surface area (TPSA) is 53.4 Å². The van der Waals surface area contributed by atoms with Crippen molar-refractivity contribution in [3.63, 3.8) is 0 Å². The number of rotatable bonds is 5. The molecule has 118 valence electrons. The number of likely N-dealkylation sites (N-methyl/N-ethyl adjacent to an activating group) is 1. The largest absolute Gasteiger partial charge is 0.349 e. The van der Waals surface area contributed by atoms with E-state index in [0.29, 0.717) is 6.54 Å². The summed E-state index contributed by atoms with van der Waals surface area (Å²) in [6.45, 7) is 6.46. The summed E-state index contributed by atoms with van der Waals surface area (Å²) in [6.07, 6.45) is 3.83. The number of carbonyl (C=O) groups is 1. The van der Waals surface area contributed by atoms with Crippen LogP contribution in [0.15, 0.2) is 11.4 Å². The lowest BCUT2D eigenvalue weighted by Crippen LogP contribution is -2.52. The summed E-state index contributed by atoms with van der Waals surface area (Å²) >= 11 is 1.61. The number of nitrogens with one attached hydrogen (secondary N) is 1. The van der Waals surface area contributed by atoms with Crippen molar-refractivity contribution in [3.05, 3.63) is 11.9 Å². The zero-order valence-corrected chi connectivity index (χ0v) is 14.1. The average molecular weight is 311 g/mol. The highest BCUT2D eigenvalue weighted by Gasteiger charge is 2.24. The van der Waals surface area contributed by atoms with Gasteiger partial charge in [0.15, 0.2) is 5.16 Å². The summed E-state index contributed by atoms with van der Waals surface area (Å²) in [5.74, 6) is 0.0893. The molecule has 21 heavy (non-hydrogen) atoms. The first-order valence-corrected chi connectivity index (χ1v) is 8.50. The number of nitrogens with zero attached hydrogens (tertiary/aromatic N) is 4. The van der Waals surface area contributed by atoms with Crippen molar-refractivity contribution in [1.82, 2.24) is 24.7 Å². The van der Waals surface area contributed by atoms with E-state index in [-0.39, 0.29) is 11.9 Å². The molecule has 6 nitrogen and oxygen atoms in total. The van der Waals surface area contributed by atoms with Crippen molar-refractivity contribution in [2.75, 3.05) is 39.5 Å². The maximum atomic E-state index is 12.3. The molecule has 0 aliphatic carbocycles. The summed E-state index contributed by atoms with van der Waals surface area (Å²) in [7, 11) is 4.10. The average Bonchev–Trinajstić information content (AvgIpc) is 2.85. The number of thioether (sulfide) groups is 1. The summed E-state index contributed by atoms with van der Waals surface area (Å²) in [6, 6.07) is -0.0769. The van der Waals surface area contributed by atoms with E-state index in [1.54, 1.807) is 11.8 Å². The maximum Gasteiger partial charge on any atom is 0.237 e. The van der Waals surface area contributed by atoms with Gasteiger partial charge in [-0.15, -0.1) is 0 Å². The van der Waals surface area contributed by atoms with Gasteiger partial charge in [-0.05, 0) is 20.2 Å². The van der Waals surface area contributed by atoms with Gasteiger partial charge in [-0.2, -0.15) is 0 Å². The molecule has 1 atom stereocenters. The van der Waals surface area contributed by atoms with E-state index in [1.807, 2.05) is 31.0 Å². The van der Waals surface area contributed by atoms with Gasteiger partial charge in [0.05, 0.1) is 24.5 Å². The van der Waals surface area contributed by atoms with Gasteiger partial charge in [0.2, 0.25) is 5.91 Å². The number of aromatic nitrogens is 2. The number of hydrogen-bond donors (Lipinski definition) is 1. The van der Waals surface area contributed by atoms with Crippen LogP contribution < -0.4 is 5.32 Å². The lowest BCUT2D eigenvalue weighted by atomic mass is 10.2. The number of carbonyl (C=O) groups excluding carboxylic acids is 1. The van der Waals surface area contributed by atoms with Gasteiger partial charge in [0.25, 0.3) is 0 Å². The third-order valence-corrected chi connectivity index (χ3v) is 4.88. The zero-order valence-electron chi connectivity index (χ0n) is 13.3. The number of imidazole rings is 1. The maximum absolute atomic E-state index is 12.3. The molecule has 2 heterocycles. The fourth-order valence-corrected chi connectivity index (χ4v) is 3.03. The highest BCUT2D eigenvalue weighted by atomic mass is 32.2. The smallest absolute Gasteiger partial charge is 0.237 e. The molecule has 1 aliphatic heterocycles. The van der Waals surface area contributed by atoms with E-state index in [4.69, 9.17) is 0 Å². The molecule has 1 N–H and O–H groups in total. The van der Waals surface area contributed by atoms with Gasteiger partial charge in [0, 0.05) is 33.2 Å². The Bertz CT molecular complexity index is 482. The second-order valence-corrected chi connectivity index (χ2v) is 6.30. The van der Waals surface area contributed by atoms with Crippen LogP contribution in [0.4, 0.5) is 0 Å². The Morgan fingerprint density at radius 2 is 2.05 bits per heavy atom. The lowest BCUT2D eigenvalue weighted by molar-refractivity contribution is -0.126. The molecule has 1 fully saturated rings. The fraction of sp³-hybridized carbons (Fsp3) is 0.714. The summed E-state index contributed by atoms with van der Waals surface area (Å²) in [4.78, 5) is 21.1. The van der Waals surface area contributed by atoms with Crippen LogP contribution in [-0.4, -0.2) is 70.8 Å². The standard InChI is InChI=1S/C14H25N5OS/c1-11(19-7-5-17(2)6-8-19)13(20)15-9-12-10-16-14(21-4)18(12)3/h10-11H,5-9H2,1-4H3,(H,15,20)/t11-/m0/s1. The van der Waals surface area contributed by atoms with Crippen LogP contribution in [0.5, 0.6) is 0 Å². The molecule has 2 rings (SSSR count). The number of amides is 1. The van der Waals surface area contributed by atoms with Gasteiger partial charge in [-0.3, -0.25) is 9.69 Å². The van der Waals surface area contributed by atoms with Crippen molar-refractivity contribution >= 4 is 17.7 Å². The van der Waals surface area contributed by atoms with Gasteiger partial charge in [-0.25, -0.2) is 4.98 Å². The Morgan fingerprint density at radius 3 is 2.62 bits per heavy atom. The molecule has 7 heteroatoms. The Hall–Kier alpha value is -1.05. The summed E-state index contributed by atoms with van der Waals surface area (Å²) in [5, 5.41) is 3.99. The SMILES string of the molecule is CSc1ncc(CNC(=O)[C@H](C)N2CCN(C)CC2)n1C. The van der Waals surface area contributed by atoms with Crippen LogP contribution in [0.1, 0.15) is 12.6 Å². The van der Waals surface area contributed by atoms with Crippen LogP contribution in [0.25, 0.3) is 0 Å². The predicted octanol–water partition coefficient (Wildman–Crippen LogP) is 0.394. The number of hydrogen-bond acceptors (Lipinski definition) is 5. The van der Waals surface area contributed by atoms with Crippen molar-refractivity contribution in [1.29, 1.82) is 0 Å². The summed E-state index contributed by atoms with van der Waals surface area (Å²) in [5.41, 5.74) is 1.03. The van der Waals surface area contributed by atoms with E-state index in [1.165, 1.54) is 0 Å². The lowest BCUT2D eigenvalue weighted by Gasteiger charge is -2.35. The van der Waals surface area contributed by atoms with E-state index < -0.39 is 0 Å². The van der Waals surface area contributed by atoms with Gasteiger partial charge < -0.3 is 14.8 Å². The van der Waals surface area contributed by atoms with Crippen LogP contribution in [0, 0.1) is 0 Å². The molecule has 0 spiro atoms. The van der Waals surface area contributed by atoms with Crippen LogP contribution >= 0.6 is 11.8 Å². The van der Waals surface area contributed by atoms with Crippen molar-refractivity contribution < 1.29 is 4.79 Å². The monoisotopic (exact) mass is 311 g/mol.